The van der Waals surface area contributed by atoms with Gasteiger partial charge in [-0.15, -0.1) is 0 Å². The van der Waals surface area contributed by atoms with Crippen LogP contribution in [-0.4, -0.2) is 24.3 Å². The Labute approximate surface area is 119 Å². The molecule has 0 saturated carbocycles. The number of halogens is 1. The Balaban J connectivity index is 2.17. The van der Waals surface area contributed by atoms with Gasteiger partial charge in [-0.3, -0.25) is 0 Å². The molecule has 2 N–H and O–H groups in total. The Bertz CT molecular complexity index is 326. The number of benzene rings is 1. The Kier molecular flexibility index (Phi) is 7.56. The zero-order chi connectivity index (χ0) is 13.4. The maximum atomic E-state index is 8.94. The van der Waals surface area contributed by atoms with Crippen LogP contribution in [0, 0.1) is 5.92 Å². The number of aliphatic hydroxyl groups is 1. The van der Waals surface area contributed by atoms with Crippen LogP contribution in [0.1, 0.15) is 32.3 Å². The van der Waals surface area contributed by atoms with Crippen LogP contribution in [0.3, 0.4) is 0 Å². The molecule has 0 aromatic heterocycles. The molecule has 1 rings (SSSR count). The van der Waals surface area contributed by atoms with Crippen molar-refractivity contribution in [2.45, 2.75) is 39.2 Å². The minimum Gasteiger partial charge on any atom is -0.396 e. The topological polar surface area (TPSA) is 32.3 Å². The van der Waals surface area contributed by atoms with Crippen LogP contribution < -0.4 is 5.32 Å². The third-order valence-corrected chi connectivity index (χ3v) is 3.66. The van der Waals surface area contributed by atoms with E-state index >= 15 is 0 Å². The fourth-order valence-corrected chi connectivity index (χ4v) is 2.20. The zero-order valence-corrected chi connectivity index (χ0v) is 12.9. The largest absolute Gasteiger partial charge is 0.396 e. The van der Waals surface area contributed by atoms with E-state index < -0.39 is 0 Å². The molecule has 2 atom stereocenters. The third kappa shape index (κ3) is 6.53. The molecule has 2 unspecified atom stereocenters. The Hall–Kier alpha value is -0.380. The van der Waals surface area contributed by atoms with E-state index in [0.29, 0.717) is 18.6 Å². The van der Waals surface area contributed by atoms with Crippen molar-refractivity contribution in [3.05, 3.63) is 34.3 Å². The van der Waals surface area contributed by atoms with Crippen LogP contribution >= 0.6 is 15.9 Å². The maximum absolute atomic E-state index is 8.94. The molecule has 0 amide bonds. The van der Waals surface area contributed by atoms with Gasteiger partial charge in [-0.1, -0.05) is 35.0 Å². The molecule has 0 bridgehead atoms. The molecular weight excluding hydrogens is 290 g/mol. The van der Waals surface area contributed by atoms with Gasteiger partial charge in [0.25, 0.3) is 0 Å². The van der Waals surface area contributed by atoms with E-state index in [1.54, 1.807) is 0 Å². The van der Waals surface area contributed by atoms with E-state index in [4.69, 9.17) is 5.11 Å². The number of hydrogen-bond donors (Lipinski definition) is 2. The molecule has 0 fully saturated rings. The second kappa shape index (κ2) is 8.68. The van der Waals surface area contributed by atoms with Gasteiger partial charge in [0.2, 0.25) is 0 Å². The lowest BCUT2D eigenvalue weighted by molar-refractivity contribution is 0.227. The summed E-state index contributed by atoms with van der Waals surface area (Å²) in [5.41, 5.74) is 1.36. The van der Waals surface area contributed by atoms with E-state index in [1.807, 2.05) is 0 Å². The Morgan fingerprint density at radius 1 is 1.22 bits per heavy atom. The molecule has 0 radical (unpaired) electrons. The molecule has 0 aliphatic carbocycles. The monoisotopic (exact) mass is 313 g/mol. The lowest BCUT2D eigenvalue weighted by atomic mass is 10.1. The van der Waals surface area contributed by atoms with Crippen molar-refractivity contribution in [2.75, 3.05) is 13.2 Å². The summed E-state index contributed by atoms with van der Waals surface area (Å²) in [5, 5.41) is 12.5. The fraction of sp³-hybridized carbons (Fsp3) is 0.600. The molecule has 0 aliphatic rings. The summed E-state index contributed by atoms with van der Waals surface area (Å²) in [7, 11) is 0. The lowest BCUT2D eigenvalue weighted by Gasteiger charge is -2.15. The second-order valence-electron chi connectivity index (χ2n) is 5.12. The van der Waals surface area contributed by atoms with Crippen molar-refractivity contribution < 1.29 is 5.11 Å². The summed E-state index contributed by atoms with van der Waals surface area (Å²) < 4.78 is 1.13. The second-order valence-corrected chi connectivity index (χ2v) is 6.03. The van der Waals surface area contributed by atoms with Crippen LogP contribution in [0.15, 0.2) is 28.7 Å². The molecule has 0 spiro atoms. The van der Waals surface area contributed by atoms with Gasteiger partial charge in [-0.25, -0.2) is 0 Å². The van der Waals surface area contributed by atoms with Crippen LogP contribution in [0.2, 0.25) is 0 Å². The first-order valence-corrected chi connectivity index (χ1v) is 7.49. The van der Waals surface area contributed by atoms with Crippen molar-refractivity contribution in [3.63, 3.8) is 0 Å². The van der Waals surface area contributed by atoms with E-state index in [0.717, 1.165) is 30.3 Å². The van der Waals surface area contributed by atoms with Gasteiger partial charge in [0.05, 0.1) is 0 Å². The highest BCUT2D eigenvalue weighted by atomic mass is 79.9. The molecule has 102 valence electrons. The summed E-state index contributed by atoms with van der Waals surface area (Å²) in [6.45, 7) is 5.64. The molecule has 1 aromatic carbocycles. The Morgan fingerprint density at radius 2 is 1.89 bits per heavy atom. The molecule has 3 heteroatoms. The van der Waals surface area contributed by atoms with Gasteiger partial charge in [-0.05, 0) is 56.3 Å². The highest BCUT2D eigenvalue weighted by Gasteiger charge is 2.04. The predicted molar refractivity (Wildman–Crippen MR) is 80.8 cm³/mol. The summed E-state index contributed by atoms with van der Waals surface area (Å²) in [5.74, 6) is 0.425. The highest BCUT2D eigenvalue weighted by molar-refractivity contribution is 9.10. The standard InChI is InChI=1S/C15H24BrNO/c1-12(11-18)4-3-9-17-13(2)10-14-5-7-15(16)8-6-14/h5-8,12-13,17-18H,3-4,9-11H2,1-2H3. The highest BCUT2D eigenvalue weighted by Crippen LogP contribution is 2.12. The van der Waals surface area contributed by atoms with Crippen molar-refractivity contribution in [3.8, 4) is 0 Å². The van der Waals surface area contributed by atoms with Gasteiger partial charge in [0, 0.05) is 17.1 Å². The number of aliphatic hydroxyl groups excluding tert-OH is 1. The number of rotatable bonds is 8. The first-order chi connectivity index (χ1) is 8.61. The summed E-state index contributed by atoms with van der Waals surface area (Å²) in [4.78, 5) is 0. The first kappa shape index (κ1) is 15.7. The van der Waals surface area contributed by atoms with E-state index in [9.17, 15) is 0 Å². The van der Waals surface area contributed by atoms with E-state index in [1.165, 1.54) is 5.56 Å². The normalized spacial score (nSPS) is 14.4. The van der Waals surface area contributed by atoms with Crippen LogP contribution in [0.4, 0.5) is 0 Å². The SMILES string of the molecule is CC(CO)CCCNC(C)Cc1ccc(Br)cc1. The van der Waals surface area contributed by atoms with E-state index in [2.05, 4.69) is 59.4 Å². The minimum absolute atomic E-state index is 0.300. The van der Waals surface area contributed by atoms with Crippen molar-refractivity contribution >= 4 is 15.9 Å². The maximum Gasteiger partial charge on any atom is 0.0456 e. The third-order valence-electron chi connectivity index (χ3n) is 3.13. The summed E-state index contributed by atoms with van der Waals surface area (Å²) in [6, 6.07) is 9.00. The van der Waals surface area contributed by atoms with Crippen molar-refractivity contribution in [2.24, 2.45) is 5.92 Å². The number of nitrogens with one attached hydrogen (secondary N) is 1. The molecule has 18 heavy (non-hydrogen) atoms. The molecular formula is C15H24BrNO. The fourth-order valence-electron chi connectivity index (χ4n) is 1.94. The lowest BCUT2D eigenvalue weighted by Crippen LogP contribution is -2.29. The molecule has 0 saturated heterocycles. The van der Waals surface area contributed by atoms with Crippen LogP contribution in [-0.2, 0) is 6.42 Å². The molecule has 1 aromatic rings. The molecule has 2 nitrogen and oxygen atoms in total. The van der Waals surface area contributed by atoms with Gasteiger partial charge >= 0.3 is 0 Å². The predicted octanol–water partition coefficient (Wildman–Crippen LogP) is 3.38. The van der Waals surface area contributed by atoms with Gasteiger partial charge in [0.15, 0.2) is 0 Å². The van der Waals surface area contributed by atoms with Gasteiger partial charge < -0.3 is 10.4 Å². The van der Waals surface area contributed by atoms with Crippen molar-refractivity contribution in [1.29, 1.82) is 0 Å². The Morgan fingerprint density at radius 3 is 2.50 bits per heavy atom. The number of hydrogen-bond acceptors (Lipinski definition) is 2. The average molecular weight is 314 g/mol. The quantitative estimate of drug-likeness (QED) is 0.721. The minimum atomic E-state index is 0.300. The van der Waals surface area contributed by atoms with Crippen LogP contribution in [0.5, 0.6) is 0 Å². The smallest absolute Gasteiger partial charge is 0.0456 e. The molecule has 0 heterocycles. The van der Waals surface area contributed by atoms with Gasteiger partial charge in [-0.2, -0.15) is 0 Å². The summed E-state index contributed by atoms with van der Waals surface area (Å²) >= 11 is 3.45. The van der Waals surface area contributed by atoms with E-state index in [-0.39, 0.29) is 0 Å². The molecule has 0 aliphatic heterocycles. The average Bonchev–Trinajstić information content (AvgIpc) is 2.37. The summed E-state index contributed by atoms with van der Waals surface area (Å²) in [6.07, 6.45) is 3.28. The first-order valence-electron chi connectivity index (χ1n) is 6.70. The van der Waals surface area contributed by atoms with Gasteiger partial charge in [0.1, 0.15) is 0 Å². The van der Waals surface area contributed by atoms with Crippen LogP contribution in [0.25, 0.3) is 0 Å². The van der Waals surface area contributed by atoms with Crippen molar-refractivity contribution in [1.82, 2.24) is 5.32 Å². The zero-order valence-electron chi connectivity index (χ0n) is 11.3.